The van der Waals surface area contributed by atoms with E-state index in [0.29, 0.717) is 24.8 Å². The minimum Gasteiger partial charge on any atom is -0.424 e. The summed E-state index contributed by atoms with van der Waals surface area (Å²) in [5, 5.41) is 2.99. The Kier molecular flexibility index (Phi) is 6.26. The summed E-state index contributed by atoms with van der Waals surface area (Å²) in [6, 6.07) is 7.72. The van der Waals surface area contributed by atoms with Crippen LogP contribution >= 0.6 is 0 Å². The van der Waals surface area contributed by atoms with Crippen molar-refractivity contribution in [2.45, 2.75) is 57.9 Å². The molecule has 0 bridgehead atoms. The second-order valence-corrected chi connectivity index (χ2v) is 8.19. The molecule has 1 saturated carbocycles. The average molecular weight is 409 g/mol. The van der Waals surface area contributed by atoms with Crippen molar-refractivity contribution >= 4 is 17.5 Å². The predicted molar refractivity (Wildman–Crippen MR) is 113 cm³/mol. The number of benzene rings is 1. The third kappa shape index (κ3) is 4.78. The standard InChI is InChI=1S/C23H28N4O3/c1-16-13-19(30-23-24-11-6-12-25-23)9-10-20(16)26-22(29)17-14-21(28)27(15-17)18-7-4-2-3-5-8-18/h6,9-13,17-18H,2-5,7-8,14-15H2,1H3,(H,26,29)/t17-/m1/s1. The Balaban J connectivity index is 1.37. The van der Waals surface area contributed by atoms with Crippen LogP contribution in [0.5, 0.6) is 11.8 Å². The number of likely N-dealkylation sites (tertiary alicyclic amines) is 1. The van der Waals surface area contributed by atoms with Crippen molar-refractivity contribution in [1.29, 1.82) is 0 Å². The Morgan fingerprint density at radius 1 is 1.13 bits per heavy atom. The number of aromatic nitrogens is 2. The Bertz CT molecular complexity index is 895. The molecule has 0 radical (unpaired) electrons. The molecule has 2 aromatic rings. The van der Waals surface area contributed by atoms with Crippen LogP contribution < -0.4 is 10.1 Å². The van der Waals surface area contributed by atoms with E-state index in [0.717, 1.165) is 24.1 Å². The molecule has 1 N–H and O–H groups in total. The van der Waals surface area contributed by atoms with Gasteiger partial charge in [-0.3, -0.25) is 9.59 Å². The van der Waals surface area contributed by atoms with Crippen LogP contribution in [0.1, 0.15) is 50.5 Å². The number of anilines is 1. The van der Waals surface area contributed by atoms with E-state index in [1.807, 2.05) is 24.0 Å². The van der Waals surface area contributed by atoms with Gasteiger partial charge in [-0.2, -0.15) is 0 Å². The van der Waals surface area contributed by atoms with Crippen LogP contribution in [0.3, 0.4) is 0 Å². The Hall–Kier alpha value is -2.96. The van der Waals surface area contributed by atoms with Crippen LogP contribution in [-0.4, -0.2) is 39.3 Å². The SMILES string of the molecule is Cc1cc(Oc2ncccn2)ccc1NC(=O)[C@@H]1CC(=O)N(C2CCCCCC2)C1. The van der Waals surface area contributed by atoms with Crippen LogP contribution in [0.2, 0.25) is 0 Å². The van der Waals surface area contributed by atoms with E-state index in [1.54, 1.807) is 24.5 Å². The molecule has 1 aromatic carbocycles. The Morgan fingerprint density at radius 3 is 2.57 bits per heavy atom. The maximum absolute atomic E-state index is 12.8. The minimum atomic E-state index is -0.297. The molecule has 2 amide bonds. The minimum absolute atomic E-state index is 0.0948. The zero-order valence-electron chi connectivity index (χ0n) is 17.3. The van der Waals surface area contributed by atoms with Gasteiger partial charge in [0.15, 0.2) is 0 Å². The van der Waals surface area contributed by atoms with Gasteiger partial charge in [-0.1, -0.05) is 25.7 Å². The van der Waals surface area contributed by atoms with Crippen molar-refractivity contribution in [3.8, 4) is 11.8 Å². The van der Waals surface area contributed by atoms with Gasteiger partial charge in [-0.15, -0.1) is 0 Å². The summed E-state index contributed by atoms with van der Waals surface area (Å²) >= 11 is 0. The molecule has 2 aliphatic rings. The molecule has 30 heavy (non-hydrogen) atoms. The van der Waals surface area contributed by atoms with Crippen molar-refractivity contribution in [2.24, 2.45) is 5.92 Å². The van der Waals surface area contributed by atoms with Crippen LogP contribution in [0, 0.1) is 12.8 Å². The summed E-state index contributed by atoms with van der Waals surface area (Å²) in [6.07, 6.45) is 10.5. The summed E-state index contributed by atoms with van der Waals surface area (Å²) < 4.78 is 5.64. The van der Waals surface area contributed by atoms with Gasteiger partial charge < -0.3 is 15.0 Å². The van der Waals surface area contributed by atoms with E-state index in [4.69, 9.17) is 4.74 Å². The quantitative estimate of drug-likeness (QED) is 0.754. The van der Waals surface area contributed by atoms with Gasteiger partial charge in [-0.25, -0.2) is 9.97 Å². The molecule has 1 saturated heterocycles. The summed E-state index contributed by atoms with van der Waals surface area (Å²) in [5.74, 6) is 0.328. The third-order valence-electron chi connectivity index (χ3n) is 6.00. The van der Waals surface area contributed by atoms with Gasteiger partial charge in [0.25, 0.3) is 0 Å². The number of nitrogens with zero attached hydrogens (tertiary/aromatic N) is 3. The largest absolute Gasteiger partial charge is 0.424 e. The molecule has 1 aliphatic carbocycles. The number of amides is 2. The fourth-order valence-electron chi connectivity index (χ4n) is 4.35. The highest BCUT2D eigenvalue weighted by Gasteiger charge is 2.37. The summed E-state index contributed by atoms with van der Waals surface area (Å²) in [7, 11) is 0. The first-order valence-electron chi connectivity index (χ1n) is 10.8. The average Bonchev–Trinajstić information content (AvgIpc) is 2.95. The number of rotatable bonds is 5. The van der Waals surface area contributed by atoms with Crippen molar-refractivity contribution in [1.82, 2.24) is 14.9 Å². The third-order valence-corrected chi connectivity index (χ3v) is 6.00. The lowest BCUT2D eigenvalue weighted by Gasteiger charge is -2.27. The molecule has 4 rings (SSSR count). The normalized spacial score (nSPS) is 20.1. The molecule has 0 unspecified atom stereocenters. The van der Waals surface area contributed by atoms with Crippen LogP contribution in [0.15, 0.2) is 36.7 Å². The van der Waals surface area contributed by atoms with Crippen molar-refractivity contribution in [2.75, 3.05) is 11.9 Å². The maximum atomic E-state index is 12.8. The topological polar surface area (TPSA) is 84.4 Å². The number of hydrogen-bond donors (Lipinski definition) is 1. The number of ether oxygens (including phenoxy) is 1. The van der Waals surface area contributed by atoms with E-state index < -0.39 is 0 Å². The molecular weight excluding hydrogens is 380 g/mol. The lowest BCUT2D eigenvalue weighted by molar-refractivity contribution is -0.130. The highest BCUT2D eigenvalue weighted by atomic mass is 16.5. The lowest BCUT2D eigenvalue weighted by Crippen LogP contribution is -2.37. The first-order chi connectivity index (χ1) is 14.6. The molecule has 2 fully saturated rings. The van der Waals surface area contributed by atoms with Gasteiger partial charge in [0.1, 0.15) is 5.75 Å². The highest BCUT2D eigenvalue weighted by Crippen LogP contribution is 2.30. The summed E-state index contributed by atoms with van der Waals surface area (Å²) in [6.45, 7) is 2.44. The fraction of sp³-hybridized carbons (Fsp3) is 0.478. The van der Waals surface area contributed by atoms with Crippen LogP contribution in [0.25, 0.3) is 0 Å². The molecule has 2 heterocycles. The van der Waals surface area contributed by atoms with Gasteiger partial charge in [0.2, 0.25) is 11.8 Å². The number of hydrogen-bond acceptors (Lipinski definition) is 5. The van der Waals surface area contributed by atoms with Gasteiger partial charge in [-0.05, 0) is 49.6 Å². The molecule has 1 aliphatic heterocycles. The van der Waals surface area contributed by atoms with Crippen LogP contribution in [-0.2, 0) is 9.59 Å². The summed E-state index contributed by atoms with van der Waals surface area (Å²) in [4.78, 5) is 35.4. The molecule has 7 heteroatoms. The van der Waals surface area contributed by atoms with E-state index in [2.05, 4.69) is 15.3 Å². The van der Waals surface area contributed by atoms with Crippen molar-refractivity contribution in [3.05, 3.63) is 42.2 Å². The molecule has 7 nitrogen and oxygen atoms in total. The first kappa shape index (κ1) is 20.3. The number of aryl methyl sites for hydroxylation is 1. The second-order valence-electron chi connectivity index (χ2n) is 8.19. The highest BCUT2D eigenvalue weighted by molar-refractivity contribution is 5.97. The van der Waals surface area contributed by atoms with Crippen molar-refractivity contribution < 1.29 is 14.3 Å². The van der Waals surface area contributed by atoms with E-state index >= 15 is 0 Å². The fourth-order valence-corrected chi connectivity index (χ4v) is 4.35. The van der Waals surface area contributed by atoms with Gasteiger partial charge >= 0.3 is 6.01 Å². The molecule has 158 valence electrons. The first-order valence-corrected chi connectivity index (χ1v) is 10.8. The van der Waals surface area contributed by atoms with E-state index in [-0.39, 0.29) is 23.7 Å². The summed E-state index contributed by atoms with van der Waals surface area (Å²) in [5.41, 5.74) is 1.60. The predicted octanol–water partition coefficient (Wildman–Crippen LogP) is 4.09. The Morgan fingerprint density at radius 2 is 1.87 bits per heavy atom. The number of carbonyl (C=O) groups is 2. The zero-order valence-corrected chi connectivity index (χ0v) is 17.3. The molecule has 1 aromatic heterocycles. The smallest absolute Gasteiger partial charge is 0.321 e. The van der Waals surface area contributed by atoms with E-state index in [9.17, 15) is 9.59 Å². The lowest BCUT2D eigenvalue weighted by atomic mass is 10.1. The second kappa shape index (κ2) is 9.24. The number of carbonyl (C=O) groups excluding carboxylic acids is 2. The van der Waals surface area contributed by atoms with E-state index in [1.165, 1.54) is 25.7 Å². The van der Waals surface area contributed by atoms with Gasteiger partial charge in [0, 0.05) is 37.1 Å². The van der Waals surface area contributed by atoms with Crippen LogP contribution in [0.4, 0.5) is 5.69 Å². The maximum Gasteiger partial charge on any atom is 0.321 e. The molecular formula is C23H28N4O3. The zero-order chi connectivity index (χ0) is 20.9. The molecule has 0 spiro atoms. The van der Waals surface area contributed by atoms with Gasteiger partial charge in [0.05, 0.1) is 5.92 Å². The molecule has 1 atom stereocenters. The van der Waals surface area contributed by atoms with Crippen molar-refractivity contribution in [3.63, 3.8) is 0 Å². The number of nitrogens with one attached hydrogen (secondary N) is 1. The Labute approximate surface area is 176 Å². The monoisotopic (exact) mass is 408 g/mol.